The van der Waals surface area contributed by atoms with E-state index < -0.39 is 11.5 Å². The molecule has 1 saturated carbocycles. The SMILES string of the molecule is CC1(C)Cc2cccc(OCC(N)(C(=O)O)C3CC3)c2O1. The summed E-state index contributed by atoms with van der Waals surface area (Å²) in [5.74, 6) is 0.295. The number of para-hydroxylation sites is 1. The number of carboxylic acid groups (broad SMARTS) is 1. The Bertz CT molecular complexity index is 580. The summed E-state index contributed by atoms with van der Waals surface area (Å²) in [7, 11) is 0. The van der Waals surface area contributed by atoms with Crippen LogP contribution in [-0.2, 0) is 11.2 Å². The Hall–Kier alpha value is -1.75. The molecule has 0 amide bonds. The van der Waals surface area contributed by atoms with Crippen molar-refractivity contribution in [2.24, 2.45) is 11.7 Å². The van der Waals surface area contributed by atoms with Gasteiger partial charge in [0.05, 0.1) is 0 Å². The molecule has 1 aromatic rings. The lowest BCUT2D eigenvalue weighted by atomic mass is 9.96. The standard InChI is InChI=1S/C16H21NO4/c1-15(2)8-10-4-3-5-12(13(10)21-15)20-9-16(17,14(18)19)11-6-7-11/h3-5,11H,6-9,17H2,1-2H3,(H,18,19). The first-order valence-electron chi connectivity index (χ1n) is 7.28. The van der Waals surface area contributed by atoms with Crippen LogP contribution in [0.1, 0.15) is 32.3 Å². The molecule has 1 aliphatic carbocycles. The molecule has 0 bridgehead atoms. The zero-order chi connectivity index (χ0) is 15.3. The molecule has 1 aromatic carbocycles. The van der Waals surface area contributed by atoms with Gasteiger partial charge in [0.2, 0.25) is 0 Å². The van der Waals surface area contributed by atoms with Gasteiger partial charge in [0, 0.05) is 12.0 Å². The summed E-state index contributed by atoms with van der Waals surface area (Å²) < 4.78 is 11.7. The van der Waals surface area contributed by atoms with Crippen molar-refractivity contribution in [1.29, 1.82) is 0 Å². The van der Waals surface area contributed by atoms with Gasteiger partial charge < -0.3 is 20.3 Å². The summed E-state index contributed by atoms with van der Waals surface area (Å²) in [6.45, 7) is 4.00. The number of carboxylic acids is 1. The van der Waals surface area contributed by atoms with Crippen molar-refractivity contribution in [1.82, 2.24) is 0 Å². The van der Waals surface area contributed by atoms with Crippen LogP contribution in [0.5, 0.6) is 11.5 Å². The van der Waals surface area contributed by atoms with E-state index in [1.54, 1.807) is 6.07 Å². The predicted octanol–water partition coefficient (Wildman–Crippen LogP) is 1.97. The molecule has 1 unspecified atom stereocenters. The third-order valence-electron chi connectivity index (χ3n) is 4.23. The quantitative estimate of drug-likeness (QED) is 0.866. The first-order chi connectivity index (χ1) is 9.82. The Kier molecular flexibility index (Phi) is 3.13. The van der Waals surface area contributed by atoms with Gasteiger partial charge in [0.1, 0.15) is 12.2 Å². The lowest BCUT2D eigenvalue weighted by Gasteiger charge is -2.25. The molecular weight excluding hydrogens is 270 g/mol. The van der Waals surface area contributed by atoms with Crippen molar-refractivity contribution in [2.45, 2.75) is 44.2 Å². The normalized spacial score (nSPS) is 22.0. The molecule has 1 aliphatic heterocycles. The van der Waals surface area contributed by atoms with Crippen LogP contribution in [0.4, 0.5) is 0 Å². The molecule has 21 heavy (non-hydrogen) atoms. The topological polar surface area (TPSA) is 81.8 Å². The van der Waals surface area contributed by atoms with E-state index in [4.69, 9.17) is 15.2 Å². The maximum atomic E-state index is 11.4. The molecule has 0 radical (unpaired) electrons. The maximum Gasteiger partial charge on any atom is 0.327 e. The largest absolute Gasteiger partial charge is 0.487 e. The highest BCUT2D eigenvalue weighted by molar-refractivity contribution is 5.79. The zero-order valence-corrected chi connectivity index (χ0v) is 12.4. The molecule has 0 aromatic heterocycles. The van der Waals surface area contributed by atoms with Crippen molar-refractivity contribution < 1.29 is 19.4 Å². The Morgan fingerprint density at radius 1 is 1.52 bits per heavy atom. The van der Waals surface area contributed by atoms with Crippen molar-refractivity contribution in [3.63, 3.8) is 0 Å². The van der Waals surface area contributed by atoms with Gasteiger partial charge in [0.25, 0.3) is 0 Å². The Balaban J connectivity index is 1.78. The second-order valence-corrected chi connectivity index (χ2v) is 6.69. The third-order valence-corrected chi connectivity index (χ3v) is 4.23. The number of ether oxygens (including phenoxy) is 2. The number of aliphatic carboxylic acids is 1. The number of carbonyl (C=O) groups is 1. The van der Waals surface area contributed by atoms with E-state index in [1.807, 2.05) is 26.0 Å². The molecule has 0 saturated heterocycles. The van der Waals surface area contributed by atoms with E-state index in [0.29, 0.717) is 11.5 Å². The first kappa shape index (κ1) is 14.2. The fourth-order valence-electron chi connectivity index (χ4n) is 2.85. The van der Waals surface area contributed by atoms with Crippen LogP contribution in [-0.4, -0.2) is 28.8 Å². The summed E-state index contributed by atoms with van der Waals surface area (Å²) in [5, 5.41) is 9.36. The molecule has 2 aliphatic rings. The number of hydrogen-bond donors (Lipinski definition) is 2. The minimum atomic E-state index is -1.31. The lowest BCUT2D eigenvalue weighted by Crippen LogP contribution is -2.54. The average molecular weight is 291 g/mol. The van der Waals surface area contributed by atoms with Crippen molar-refractivity contribution in [3.8, 4) is 11.5 Å². The number of benzene rings is 1. The molecule has 1 atom stereocenters. The molecular formula is C16H21NO4. The Labute approximate surface area is 124 Å². The highest BCUT2D eigenvalue weighted by atomic mass is 16.5. The minimum Gasteiger partial charge on any atom is -0.487 e. The summed E-state index contributed by atoms with van der Waals surface area (Å²) in [4.78, 5) is 11.4. The molecule has 0 spiro atoms. The highest BCUT2D eigenvalue weighted by Crippen LogP contribution is 2.43. The van der Waals surface area contributed by atoms with Gasteiger partial charge in [-0.25, -0.2) is 0 Å². The third kappa shape index (κ3) is 2.58. The van der Waals surface area contributed by atoms with Crippen LogP contribution in [0.2, 0.25) is 0 Å². The number of nitrogens with two attached hydrogens (primary N) is 1. The van der Waals surface area contributed by atoms with Crippen LogP contribution < -0.4 is 15.2 Å². The molecule has 1 fully saturated rings. The van der Waals surface area contributed by atoms with Crippen molar-refractivity contribution in [3.05, 3.63) is 23.8 Å². The highest BCUT2D eigenvalue weighted by Gasteiger charge is 2.49. The van der Waals surface area contributed by atoms with Gasteiger partial charge in [0.15, 0.2) is 17.0 Å². The van der Waals surface area contributed by atoms with Gasteiger partial charge in [-0.1, -0.05) is 12.1 Å². The Morgan fingerprint density at radius 2 is 2.24 bits per heavy atom. The summed E-state index contributed by atoms with van der Waals surface area (Å²) in [6.07, 6.45) is 2.51. The van der Waals surface area contributed by atoms with E-state index in [2.05, 4.69) is 0 Å². The van der Waals surface area contributed by atoms with Crippen LogP contribution in [0, 0.1) is 5.92 Å². The van der Waals surface area contributed by atoms with Crippen molar-refractivity contribution >= 4 is 5.97 Å². The van der Waals surface area contributed by atoms with Gasteiger partial charge >= 0.3 is 5.97 Å². The van der Waals surface area contributed by atoms with E-state index in [0.717, 1.165) is 24.8 Å². The number of fused-ring (bicyclic) bond motifs is 1. The molecule has 114 valence electrons. The first-order valence-corrected chi connectivity index (χ1v) is 7.28. The number of rotatable bonds is 5. The van der Waals surface area contributed by atoms with Gasteiger partial charge in [-0.05, 0) is 38.7 Å². The predicted molar refractivity (Wildman–Crippen MR) is 77.6 cm³/mol. The monoisotopic (exact) mass is 291 g/mol. The van der Waals surface area contributed by atoms with E-state index in [-0.39, 0.29) is 18.1 Å². The van der Waals surface area contributed by atoms with Gasteiger partial charge in [-0.2, -0.15) is 0 Å². The fraction of sp³-hybridized carbons (Fsp3) is 0.562. The molecule has 5 heteroatoms. The molecule has 3 rings (SSSR count). The molecule has 5 nitrogen and oxygen atoms in total. The van der Waals surface area contributed by atoms with Gasteiger partial charge in [-0.15, -0.1) is 0 Å². The van der Waals surface area contributed by atoms with Crippen LogP contribution in [0.15, 0.2) is 18.2 Å². The van der Waals surface area contributed by atoms with Crippen LogP contribution in [0.3, 0.4) is 0 Å². The lowest BCUT2D eigenvalue weighted by molar-refractivity contribution is -0.145. The van der Waals surface area contributed by atoms with Gasteiger partial charge in [-0.3, -0.25) is 4.79 Å². The Morgan fingerprint density at radius 3 is 2.86 bits per heavy atom. The van der Waals surface area contributed by atoms with Crippen molar-refractivity contribution in [2.75, 3.05) is 6.61 Å². The maximum absolute atomic E-state index is 11.4. The van der Waals surface area contributed by atoms with E-state index >= 15 is 0 Å². The van der Waals surface area contributed by atoms with Crippen LogP contribution >= 0.6 is 0 Å². The zero-order valence-electron chi connectivity index (χ0n) is 12.4. The number of hydrogen-bond acceptors (Lipinski definition) is 4. The summed E-state index contributed by atoms with van der Waals surface area (Å²) in [6, 6.07) is 5.70. The molecule has 1 heterocycles. The van der Waals surface area contributed by atoms with E-state index in [9.17, 15) is 9.90 Å². The average Bonchev–Trinajstić information content (AvgIpc) is 3.18. The summed E-state index contributed by atoms with van der Waals surface area (Å²) >= 11 is 0. The second kappa shape index (κ2) is 4.63. The van der Waals surface area contributed by atoms with E-state index in [1.165, 1.54) is 0 Å². The molecule has 3 N–H and O–H groups in total. The van der Waals surface area contributed by atoms with Crippen LogP contribution in [0.25, 0.3) is 0 Å². The second-order valence-electron chi connectivity index (χ2n) is 6.69. The summed E-state index contributed by atoms with van der Waals surface area (Å²) in [5.41, 5.74) is 5.54. The fourth-order valence-corrected chi connectivity index (χ4v) is 2.85. The smallest absolute Gasteiger partial charge is 0.327 e. The minimum absolute atomic E-state index is 0.00381.